The third-order valence-electron chi connectivity index (χ3n) is 4.16. The number of amides is 1. The Morgan fingerprint density at radius 3 is 2.81 bits per heavy atom. The van der Waals surface area contributed by atoms with Crippen molar-refractivity contribution in [2.45, 2.75) is 39.0 Å². The summed E-state index contributed by atoms with van der Waals surface area (Å²) in [5.74, 6) is -0.626. The highest BCUT2D eigenvalue weighted by Gasteiger charge is 2.26. The molecule has 2 aromatic heterocycles. The van der Waals surface area contributed by atoms with E-state index in [0.29, 0.717) is 17.2 Å². The van der Waals surface area contributed by atoms with Crippen LogP contribution in [0.1, 0.15) is 57.5 Å². The van der Waals surface area contributed by atoms with Gasteiger partial charge in [-0.1, -0.05) is 6.42 Å². The first-order valence-electron chi connectivity index (χ1n) is 8.82. The average molecular weight is 408 g/mol. The molecule has 0 unspecified atom stereocenters. The van der Waals surface area contributed by atoms with E-state index >= 15 is 0 Å². The van der Waals surface area contributed by atoms with Crippen molar-refractivity contribution in [2.75, 3.05) is 11.9 Å². The van der Waals surface area contributed by atoms with Gasteiger partial charge in [-0.05, 0) is 62.5 Å². The van der Waals surface area contributed by atoms with Gasteiger partial charge in [-0.15, -0.1) is 11.3 Å². The van der Waals surface area contributed by atoms with Crippen LogP contribution in [0.5, 0.6) is 0 Å². The molecule has 1 aliphatic rings. The number of thiophene rings is 1. The molecule has 0 fully saturated rings. The van der Waals surface area contributed by atoms with Crippen LogP contribution in [0.3, 0.4) is 0 Å². The van der Waals surface area contributed by atoms with Crippen molar-refractivity contribution in [3.63, 3.8) is 0 Å². The van der Waals surface area contributed by atoms with E-state index in [4.69, 9.17) is 21.4 Å². The number of carbonyl (C=O) groups is 2. The molecule has 7 nitrogen and oxygen atoms in total. The van der Waals surface area contributed by atoms with Gasteiger partial charge in [0.25, 0.3) is 0 Å². The number of aryl methyl sites for hydroxylation is 1. The Morgan fingerprint density at radius 1 is 1.26 bits per heavy atom. The largest absolute Gasteiger partial charge is 0.462 e. The number of fused-ring (bicyclic) bond motifs is 1. The van der Waals surface area contributed by atoms with Crippen LogP contribution in [-0.2, 0) is 17.6 Å². The van der Waals surface area contributed by atoms with Gasteiger partial charge >= 0.3 is 11.9 Å². The summed E-state index contributed by atoms with van der Waals surface area (Å²) < 4.78 is 10.3. The molecule has 9 heteroatoms. The van der Waals surface area contributed by atoms with Crippen LogP contribution in [-0.4, -0.2) is 23.6 Å². The van der Waals surface area contributed by atoms with Crippen LogP contribution in [0.4, 0.5) is 5.00 Å². The number of nitrogens with one attached hydrogen (secondary N) is 3. The normalized spacial score (nSPS) is 13.2. The van der Waals surface area contributed by atoms with Crippen molar-refractivity contribution < 1.29 is 18.7 Å². The molecule has 144 valence electrons. The molecule has 1 amide bonds. The number of anilines is 1. The third kappa shape index (κ3) is 4.67. The van der Waals surface area contributed by atoms with Gasteiger partial charge in [0, 0.05) is 4.88 Å². The smallest absolute Gasteiger partial charge is 0.341 e. The molecular weight excluding hydrogens is 386 g/mol. The molecule has 0 aromatic carbocycles. The molecule has 0 radical (unpaired) electrons. The Bertz CT molecular complexity index is 830. The van der Waals surface area contributed by atoms with Gasteiger partial charge in [0.2, 0.25) is 0 Å². The SMILES string of the molecule is CCOC(=O)c1c(NC(=S)NNC(=O)c2ccco2)sc2c1CCCCC2. The first-order chi connectivity index (χ1) is 13.1. The molecule has 0 bridgehead atoms. The molecule has 2 aromatic rings. The fraction of sp³-hybridized carbons (Fsp3) is 0.389. The van der Waals surface area contributed by atoms with E-state index in [9.17, 15) is 9.59 Å². The summed E-state index contributed by atoms with van der Waals surface area (Å²) >= 11 is 6.77. The lowest BCUT2D eigenvalue weighted by atomic mass is 10.1. The first-order valence-corrected chi connectivity index (χ1v) is 10.0. The number of thiocarbonyl (C=S) groups is 1. The minimum absolute atomic E-state index is 0.167. The zero-order chi connectivity index (χ0) is 19.2. The lowest BCUT2D eigenvalue weighted by molar-refractivity contribution is 0.0526. The van der Waals surface area contributed by atoms with Gasteiger partial charge in [-0.2, -0.15) is 0 Å². The summed E-state index contributed by atoms with van der Waals surface area (Å²) in [6, 6.07) is 3.17. The molecule has 0 spiro atoms. The van der Waals surface area contributed by atoms with E-state index < -0.39 is 5.91 Å². The molecule has 3 rings (SSSR count). The van der Waals surface area contributed by atoms with Gasteiger partial charge in [0.15, 0.2) is 10.9 Å². The van der Waals surface area contributed by atoms with Crippen molar-refractivity contribution in [1.82, 2.24) is 10.9 Å². The number of hydrogen-bond acceptors (Lipinski definition) is 6. The highest BCUT2D eigenvalue weighted by molar-refractivity contribution is 7.80. The molecule has 3 N–H and O–H groups in total. The third-order valence-corrected chi connectivity index (χ3v) is 5.57. The fourth-order valence-electron chi connectivity index (χ4n) is 2.97. The molecule has 0 atom stereocenters. The van der Waals surface area contributed by atoms with Crippen LogP contribution < -0.4 is 16.2 Å². The summed E-state index contributed by atoms with van der Waals surface area (Å²) in [7, 11) is 0. The second-order valence-corrected chi connectivity index (χ2v) is 7.51. The number of hydrazine groups is 1. The number of ether oxygens (including phenoxy) is 1. The Labute approximate surface area is 166 Å². The molecule has 0 saturated carbocycles. The van der Waals surface area contributed by atoms with Crippen LogP contribution >= 0.6 is 23.6 Å². The maximum atomic E-state index is 12.5. The minimum Gasteiger partial charge on any atom is -0.462 e. The Balaban J connectivity index is 1.72. The van der Waals surface area contributed by atoms with E-state index in [0.717, 1.165) is 37.7 Å². The van der Waals surface area contributed by atoms with Crippen molar-refractivity contribution in [3.05, 3.63) is 40.2 Å². The summed E-state index contributed by atoms with van der Waals surface area (Å²) in [6.45, 7) is 2.09. The van der Waals surface area contributed by atoms with E-state index in [1.54, 1.807) is 19.1 Å². The van der Waals surface area contributed by atoms with Gasteiger partial charge in [-0.25, -0.2) is 4.79 Å². The van der Waals surface area contributed by atoms with Crippen LogP contribution in [0, 0.1) is 0 Å². The van der Waals surface area contributed by atoms with Crippen LogP contribution in [0.2, 0.25) is 0 Å². The van der Waals surface area contributed by atoms with Crippen molar-refractivity contribution in [3.8, 4) is 0 Å². The number of furan rings is 1. The predicted molar refractivity (Wildman–Crippen MR) is 107 cm³/mol. The first kappa shape index (κ1) is 19.4. The summed E-state index contributed by atoms with van der Waals surface area (Å²) in [5, 5.41) is 3.84. The summed E-state index contributed by atoms with van der Waals surface area (Å²) in [4.78, 5) is 25.6. The Kier molecular flexibility index (Phi) is 6.46. The fourth-order valence-corrected chi connectivity index (χ4v) is 4.47. The van der Waals surface area contributed by atoms with Crippen molar-refractivity contribution in [1.29, 1.82) is 0 Å². The molecular formula is C18H21N3O4S2. The molecule has 2 heterocycles. The topological polar surface area (TPSA) is 92.6 Å². The van der Waals surface area contributed by atoms with Crippen molar-refractivity contribution in [2.24, 2.45) is 0 Å². The number of carbonyl (C=O) groups excluding carboxylic acids is 2. The van der Waals surface area contributed by atoms with Gasteiger partial charge in [0.1, 0.15) is 5.00 Å². The minimum atomic E-state index is -0.447. The Morgan fingerprint density at radius 2 is 2.07 bits per heavy atom. The second kappa shape index (κ2) is 9.01. The van der Waals surface area contributed by atoms with Crippen molar-refractivity contribution >= 4 is 45.5 Å². The van der Waals surface area contributed by atoms with E-state index in [-0.39, 0.29) is 16.8 Å². The van der Waals surface area contributed by atoms with E-state index in [1.165, 1.54) is 22.5 Å². The highest BCUT2D eigenvalue weighted by Crippen LogP contribution is 2.37. The number of hydrogen-bond donors (Lipinski definition) is 3. The second-order valence-electron chi connectivity index (χ2n) is 6.00. The maximum absolute atomic E-state index is 12.5. The van der Waals surface area contributed by atoms with Crippen LogP contribution in [0.15, 0.2) is 22.8 Å². The maximum Gasteiger partial charge on any atom is 0.341 e. The van der Waals surface area contributed by atoms with Gasteiger partial charge in [-0.3, -0.25) is 15.6 Å². The molecule has 0 saturated heterocycles. The standard InChI is InChI=1S/C18H21N3O4S2/c1-2-24-17(23)14-11-7-4-3-5-9-13(11)27-16(14)19-18(26)21-20-15(22)12-8-6-10-25-12/h6,8,10H,2-5,7,9H2,1H3,(H,20,22)(H2,19,21,26). The van der Waals surface area contributed by atoms with E-state index in [1.807, 2.05) is 0 Å². The predicted octanol–water partition coefficient (Wildman–Crippen LogP) is 3.42. The molecule has 27 heavy (non-hydrogen) atoms. The quantitative estimate of drug-likeness (QED) is 0.309. The monoisotopic (exact) mass is 407 g/mol. The lowest BCUT2D eigenvalue weighted by Crippen LogP contribution is -2.43. The highest BCUT2D eigenvalue weighted by atomic mass is 32.1. The lowest BCUT2D eigenvalue weighted by Gasteiger charge is -2.12. The summed E-state index contributed by atoms with van der Waals surface area (Å²) in [5.41, 5.74) is 6.69. The van der Waals surface area contributed by atoms with Gasteiger partial charge < -0.3 is 14.5 Å². The number of esters is 1. The molecule has 1 aliphatic carbocycles. The average Bonchev–Trinajstić information content (AvgIpc) is 3.23. The van der Waals surface area contributed by atoms with E-state index in [2.05, 4.69) is 16.2 Å². The zero-order valence-corrected chi connectivity index (χ0v) is 16.6. The Hall–Kier alpha value is -2.39. The van der Waals surface area contributed by atoms with Crippen LogP contribution in [0.25, 0.3) is 0 Å². The molecule has 0 aliphatic heterocycles. The summed E-state index contributed by atoms with van der Waals surface area (Å²) in [6.07, 6.45) is 6.54. The van der Waals surface area contributed by atoms with Gasteiger partial charge in [0.05, 0.1) is 18.4 Å². The zero-order valence-electron chi connectivity index (χ0n) is 14.9. The number of rotatable bonds is 4.